The molecule has 1 fully saturated rings. The van der Waals surface area contributed by atoms with Crippen LogP contribution in [0.2, 0.25) is 0 Å². The summed E-state index contributed by atoms with van der Waals surface area (Å²) in [6, 6.07) is 0. The zero-order valence-electron chi connectivity index (χ0n) is 7.31. The summed E-state index contributed by atoms with van der Waals surface area (Å²) in [5.41, 5.74) is 1.38. The lowest BCUT2D eigenvalue weighted by Gasteiger charge is -1.76. The number of rotatable bonds is 0. The Bertz CT molecular complexity index is 79.3. The molecule has 0 saturated carbocycles. The van der Waals surface area contributed by atoms with Gasteiger partial charge in [-0.3, -0.25) is 0 Å². The van der Waals surface area contributed by atoms with Gasteiger partial charge in [-0.15, -0.1) is 0 Å². The minimum Gasteiger partial charge on any atom is -0.381 e. The van der Waals surface area contributed by atoms with E-state index in [-0.39, 0.29) is 0 Å². The molecule has 60 valence electrons. The fraction of sp³-hybridized carbons (Fsp3) is 0.778. The van der Waals surface area contributed by atoms with Gasteiger partial charge in [-0.05, 0) is 33.6 Å². The van der Waals surface area contributed by atoms with Gasteiger partial charge < -0.3 is 4.74 Å². The second-order valence-electron chi connectivity index (χ2n) is 2.69. The maximum Gasteiger partial charge on any atom is 0.0466 e. The molecule has 0 atom stereocenters. The zero-order chi connectivity index (χ0) is 7.82. The van der Waals surface area contributed by atoms with E-state index in [9.17, 15) is 0 Å². The summed E-state index contributed by atoms with van der Waals surface area (Å²) in [4.78, 5) is 0. The molecule has 0 N–H and O–H groups in total. The summed E-state index contributed by atoms with van der Waals surface area (Å²) in [5.74, 6) is 0. The first kappa shape index (κ1) is 9.70. The van der Waals surface area contributed by atoms with E-state index >= 15 is 0 Å². The van der Waals surface area contributed by atoms with Crippen LogP contribution in [0.25, 0.3) is 0 Å². The summed E-state index contributed by atoms with van der Waals surface area (Å²) in [6.07, 6.45) is 4.64. The van der Waals surface area contributed by atoms with Crippen molar-refractivity contribution in [1.29, 1.82) is 0 Å². The van der Waals surface area contributed by atoms with E-state index in [0.29, 0.717) is 0 Å². The Morgan fingerprint density at radius 1 is 1.20 bits per heavy atom. The van der Waals surface area contributed by atoms with E-state index in [0.717, 1.165) is 13.2 Å². The highest BCUT2D eigenvalue weighted by molar-refractivity contribution is 4.88. The molecular weight excluding hydrogens is 124 g/mol. The van der Waals surface area contributed by atoms with Crippen molar-refractivity contribution in [2.75, 3.05) is 13.2 Å². The van der Waals surface area contributed by atoms with Crippen molar-refractivity contribution in [3.05, 3.63) is 11.6 Å². The second-order valence-corrected chi connectivity index (χ2v) is 2.69. The monoisotopic (exact) mass is 142 g/mol. The van der Waals surface area contributed by atoms with Crippen LogP contribution in [0.1, 0.15) is 33.6 Å². The third-order valence-electron chi connectivity index (χ3n) is 1.40. The first-order valence-corrected chi connectivity index (χ1v) is 3.94. The van der Waals surface area contributed by atoms with E-state index in [1.807, 2.05) is 6.92 Å². The predicted molar refractivity (Wildman–Crippen MR) is 45.2 cm³/mol. The molecule has 0 aromatic carbocycles. The number of hydrogen-bond donors (Lipinski definition) is 0. The normalized spacial score (nSPS) is 15.5. The fourth-order valence-corrected chi connectivity index (χ4v) is 0.510. The number of hydrogen-bond acceptors (Lipinski definition) is 1. The highest BCUT2D eigenvalue weighted by Crippen LogP contribution is 1.98. The smallest absolute Gasteiger partial charge is 0.0466 e. The fourth-order valence-electron chi connectivity index (χ4n) is 0.510. The van der Waals surface area contributed by atoms with Crippen LogP contribution in [0.5, 0.6) is 0 Å². The van der Waals surface area contributed by atoms with Gasteiger partial charge >= 0.3 is 0 Å². The lowest BCUT2D eigenvalue weighted by Crippen LogP contribution is -1.74. The van der Waals surface area contributed by atoms with E-state index in [2.05, 4.69) is 19.9 Å². The molecule has 10 heavy (non-hydrogen) atoms. The maximum absolute atomic E-state index is 4.94. The lowest BCUT2D eigenvalue weighted by atomic mass is 10.3. The zero-order valence-corrected chi connectivity index (χ0v) is 7.31. The molecule has 1 aliphatic rings. The van der Waals surface area contributed by atoms with Gasteiger partial charge in [-0.1, -0.05) is 11.6 Å². The van der Waals surface area contributed by atoms with Crippen LogP contribution in [0.15, 0.2) is 11.6 Å². The van der Waals surface area contributed by atoms with Gasteiger partial charge in [0.2, 0.25) is 0 Å². The molecule has 1 rings (SSSR count). The highest BCUT2D eigenvalue weighted by Gasteiger charge is 1.94. The van der Waals surface area contributed by atoms with Gasteiger partial charge in [0.25, 0.3) is 0 Å². The van der Waals surface area contributed by atoms with E-state index < -0.39 is 0 Å². The van der Waals surface area contributed by atoms with Crippen molar-refractivity contribution < 1.29 is 4.74 Å². The SMILES string of the molecule is C1CCOC1.CC=C(C)C. The summed E-state index contributed by atoms with van der Waals surface area (Å²) in [7, 11) is 0. The second kappa shape index (κ2) is 6.81. The third kappa shape index (κ3) is 7.70. The molecule has 0 aromatic rings. The van der Waals surface area contributed by atoms with Gasteiger partial charge in [0.15, 0.2) is 0 Å². The largest absolute Gasteiger partial charge is 0.381 e. The Morgan fingerprint density at radius 3 is 1.70 bits per heavy atom. The molecule has 1 aliphatic heterocycles. The highest BCUT2D eigenvalue weighted by atomic mass is 16.5. The topological polar surface area (TPSA) is 9.23 Å². The minimum absolute atomic E-state index is 1.00. The summed E-state index contributed by atoms with van der Waals surface area (Å²) in [5, 5.41) is 0. The van der Waals surface area contributed by atoms with Crippen LogP contribution in [0.3, 0.4) is 0 Å². The van der Waals surface area contributed by atoms with Crippen molar-refractivity contribution in [2.24, 2.45) is 0 Å². The molecule has 0 bridgehead atoms. The van der Waals surface area contributed by atoms with Gasteiger partial charge in [-0.2, -0.15) is 0 Å². The van der Waals surface area contributed by atoms with Gasteiger partial charge in [0, 0.05) is 13.2 Å². The molecule has 0 unspecified atom stereocenters. The van der Waals surface area contributed by atoms with Crippen LogP contribution in [0.4, 0.5) is 0 Å². The Hall–Kier alpha value is -0.300. The lowest BCUT2D eigenvalue weighted by molar-refractivity contribution is 0.198. The molecule has 0 radical (unpaired) electrons. The van der Waals surface area contributed by atoms with Crippen LogP contribution < -0.4 is 0 Å². The summed E-state index contributed by atoms with van der Waals surface area (Å²) in [6.45, 7) is 8.20. The molecule has 1 heterocycles. The van der Waals surface area contributed by atoms with Crippen LogP contribution in [-0.4, -0.2) is 13.2 Å². The molecule has 1 saturated heterocycles. The predicted octanol–water partition coefficient (Wildman–Crippen LogP) is 2.77. The van der Waals surface area contributed by atoms with E-state index in [1.54, 1.807) is 0 Å². The molecular formula is C9H18O. The first-order valence-electron chi connectivity index (χ1n) is 3.94. The van der Waals surface area contributed by atoms with Crippen LogP contribution in [-0.2, 0) is 4.74 Å². The maximum atomic E-state index is 4.94. The summed E-state index contributed by atoms with van der Waals surface area (Å²) < 4.78 is 4.94. The van der Waals surface area contributed by atoms with Crippen molar-refractivity contribution in [2.45, 2.75) is 33.6 Å². The molecule has 0 aromatic heterocycles. The number of ether oxygens (including phenoxy) is 1. The van der Waals surface area contributed by atoms with Crippen LogP contribution >= 0.6 is 0 Å². The standard InChI is InChI=1S/C5H10.C4H8O/c1-4-5(2)3;1-2-4-5-3-1/h4H,1-3H3;1-4H2. The van der Waals surface area contributed by atoms with Crippen molar-refractivity contribution in [1.82, 2.24) is 0 Å². The van der Waals surface area contributed by atoms with Crippen LogP contribution in [0, 0.1) is 0 Å². The molecule has 0 aliphatic carbocycles. The molecule has 1 heteroatoms. The summed E-state index contributed by atoms with van der Waals surface area (Å²) >= 11 is 0. The quantitative estimate of drug-likeness (QED) is 0.472. The van der Waals surface area contributed by atoms with E-state index in [1.165, 1.54) is 18.4 Å². The minimum atomic E-state index is 1.00. The van der Waals surface area contributed by atoms with Gasteiger partial charge in [0.05, 0.1) is 0 Å². The molecule has 0 spiro atoms. The Balaban J connectivity index is 0.000000162. The van der Waals surface area contributed by atoms with Crippen molar-refractivity contribution in [3.8, 4) is 0 Å². The van der Waals surface area contributed by atoms with Gasteiger partial charge in [0.1, 0.15) is 0 Å². The Labute approximate surface area is 64.1 Å². The molecule has 1 nitrogen and oxygen atoms in total. The Morgan fingerprint density at radius 2 is 1.60 bits per heavy atom. The molecule has 0 amide bonds. The average molecular weight is 142 g/mol. The Kier molecular flexibility index (Phi) is 6.61. The van der Waals surface area contributed by atoms with Crippen molar-refractivity contribution >= 4 is 0 Å². The first-order chi connectivity index (χ1) is 4.77. The van der Waals surface area contributed by atoms with Gasteiger partial charge in [-0.25, -0.2) is 0 Å². The van der Waals surface area contributed by atoms with Crippen molar-refractivity contribution in [3.63, 3.8) is 0 Å². The number of allylic oxidation sites excluding steroid dienone is 2. The third-order valence-corrected chi connectivity index (χ3v) is 1.40. The average Bonchev–Trinajstić information content (AvgIpc) is 2.43. The van der Waals surface area contributed by atoms with E-state index in [4.69, 9.17) is 4.74 Å².